The number of benzene rings is 1. The third-order valence-electron chi connectivity index (χ3n) is 5.56. The zero-order valence-electron chi connectivity index (χ0n) is 19.3. The highest BCUT2D eigenvalue weighted by Gasteiger charge is 2.29. The molecule has 1 N–H and O–H groups in total. The van der Waals surface area contributed by atoms with Gasteiger partial charge >= 0.3 is 5.97 Å². The molecule has 8 nitrogen and oxygen atoms in total. The van der Waals surface area contributed by atoms with E-state index in [4.69, 9.17) is 32.9 Å². The van der Waals surface area contributed by atoms with Gasteiger partial charge in [-0.25, -0.2) is 9.97 Å². The van der Waals surface area contributed by atoms with Crippen LogP contribution in [0.5, 0.6) is 0 Å². The van der Waals surface area contributed by atoms with Gasteiger partial charge in [0.05, 0.1) is 27.6 Å². The highest BCUT2D eigenvalue weighted by atomic mass is 35.5. The molecule has 1 amide bonds. The van der Waals surface area contributed by atoms with Crippen molar-refractivity contribution in [1.29, 1.82) is 0 Å². The van der Waals surface area contributed by atoms with E-state index in [1.165, 1.54) is 0 Å². The number of halogens is 2. The van der Waals surface area contributed by atoms with E-state index in [-0.39, 0.29) is 24.9 Å². The fourth-order valence-corrected chi connectivity index (χ4v) is 4.51. The van der Waals surface area contributed by atoms with Gasteiger partial charge in [-0.15, -0.1) is 0 Å². The van der Waals surface area contributed by atoms with Crippen LogP contribution < -0.4 is 10.2 Å². The monoisotopic (exact) mass is 503 g/mol. The number of ether oxygens (including phenoxy) is 1. The summed E-state index contributed by atoms with van der Waals surface area (Å²) in [6, 6.07) is 5.56. The third-order valence-corrected chi connectivity index (χ3v) is 6.36. The van der Waals surface area contributed by atoms with Gasteiger partial charge in [-0.3, -0.25) is 9.59 Å². The number of carbonyl (C=O) groups is 2. The van der Waals surface area contributed by atoms with E-state index in [2.05, 4.69) is 15.2 Å². The summed E-state index contributed by atoms with van der Waals surface area (Å²) in [7, 11) is 0. The van der Waals surface area contributed by atoms with Crippen molar-refractivity contribution in [3.8, 4) is 5.69 Å². The first kappa shape index (κ1) is 24.3. The average Bonchev–Trinajstić information content (AvgIpc) is 3.45. The Morgan fingerprint density at radius 1 is 1.26 bits per heavy atom. The van der Waals surface area contributed by atoms with Gasteiger partial charge < -0.3 is 19.5 Å². The molecule has 34 heavy (non-hydrogen) atoms. The summed E-state index contributed by atoms with van der Waals surface area (Å²) < 4.78 is 7.15. The Bertz CT molecular complexity index is 1210. The number of carbonyl (C=O) groups excluding carboxylic acids is 2. The van der Waals surface area contributed by atoms with Crippen molar-refractivity contribution in [2.75, 3.05) is 18.0 Å². The molecule has 0 radical (unpaired) electrons. The highest BCUT2D eigenvalue weighted by Crippen LogP contribution is 2.36. The fourth-order valence-electron chi connectivity index (χ4n) is 4.15. The Morgan fingerprint density at radius 2 is 2.06 bits per heavy atom. The molecule has 0 aliphatic carbocycles. The molecule has 1 atom stereocenters. The number of rotatable bonds is 6. The molecule has 3 aromatic rings. The Balaban J connectivity index is 1.57. The number of hydrogen-bond donors (Lipinski definition) is 1. The van der Waals surface area contributed by atoms with Crippen LogP contribution in [0.1, 0.15) is 40.0 Å². The Hall–Kier alpha value is -2.84. The molecule has 0 unspecified atom stereocenters. The lowest BCUT2D eigenvalue weighted by atomic mass is 10.1. The fraction of sp³-hybridized carbons (Fsp3) is 0.417. The number of pyridine rings is 1. The number of nitrogens with one attached hydrogen (secondary N) is 1. The molecule has 1 aliphatic heterocycles. The van der Waals surface area contributed by atoms with E-state index >= 15 is 0 Å². The first-order valence-electron chi connectivity index (χ1n) is 11.1. The molecule has 1 fully saturated rings. The molecular weight excluding hydrogens is 477 g/mol. The minimum atomic E-state index is -0.594. The van der Waals surface area contributed by atoms with Crippen LogP contribution >= 0.6 is 23.2 Å². The second-order valence-electron chi connectivity index (χ2n) is 9.28. The number of anilines is 1. The summed E-state index contributed by atoms with van der Waals surface area (Å²) >= 11 is 12.8. The van der Waals surface area contributed by atoms with Crippen molar-refractivity contribution >= 4 is 51.8 Å². The maximum absolute atomic E-state index is 12.6. The molecule has 10 heteroatoms. The van der Waals surface area contributed by atoms with Crippen LogP contribution in [-0.2, 0) is 14.3 Å². The number of imidazole rings is 1. The first-order valence-corrected chi connectivity index (χ1v) is 11.9. The van der Waals surface area contributed by atoms with Crippen LogP contribution in [0.3, 0.4) is 0 Å². The predicted molar refractivity (Wildman–Crippen MR) is 133 cm³/mol. The second-order valence-corrected chi connectivity index (χ2v) is 10.1. The zero-order chi connectivity index (χ0) is 24.5. The summed E-state index contributed by atoms with van der Waals surface area (Å²) in [6.07, 6.45) is 7.28. The Morgan fingerprint density at radius 3 is 2.76 bits per heavy atom. The number of esters is 1. The normalized spacial score (nSPS) is 16.1. The van der Waals surface area contributed by atoms with E-state index in [0.717, 1.165) is 30.5 Å². The molecule has 1 saturated heterocycles. The van der Waals surface area contributed by atoms with E-state index < -0.39 is 11.6 Å². The maximum atomic E-state index is 12.6. The SMILES string of the molecule is CC(C)(C)OC(=O)CNC(=O)C[C@@H]1CCCN1c1cc(-n2ccnc2)c2ccc(Cl)c(Cl)c2n1. The van der Waals surface area contributed by atoms with Crippen LogP contribution in [0.4, 0.5) is 5.82 Å². The first-order chi connectivity index (χ1) is 16.1. The molecule has 2 aromatic heterocycles. The van der Waals surface area contributed by atoms with Crippen molar-refractivity contribution in [1.82, 2.24) is 19.9 Å². The van der Waals surface area contributed by atoms with Gasteiger partial charge in [0.25, 0.3) is 0 Å². The minimum absolute atomic E-state index is 0.0582. The van der Waals surface area contributed by atoms with Gasteiger partial charge in [0.2, 0.25) is 5.91 Å². The lowest BCUT2D eigenvalue weighted by Crippen LogP contribution is -2.39. The standard InChI is InChI=1S/C24H27Cl2N5O3/c1-24(2,3)34-21(33)13-28-20(32)11-15-5-4-9-31(15)19-12-18(30-10-8-27-14-30)16-6-7-17(25)22(26)23(16)29-19/h6-8,10,12,14-15H,4-5,9,11,13H2,1-3H3,(H,28,32)/t15-/m0/s1. The number of hydrogen-bond acceptors (Lipinski definition) is 6. The van der Waals surface area contributed by atoms with E-state index in [9.17, 15) is 9.59 Å². The second kappa shape index (κ2) is 9.80. The van der Waals surface area contributed by atoms with Gasteiger partial charge in [-0.2, -0.15) is 0 Å². The summed E-state index contributed by atoms with van der Waals surface area (Å²) in [6.45, 7) is 5.96. The molecule has 180 valence electrons. The van der Waals surface area contributed by atoms with Crippen molar-refractivity contribution in [2.45, 2.75) is 51.7 Å². The smallest absolute Gasteiger partial charge is 0.325 e. The number of fused-ring (bicyclic) bond motifs is 1. The summed E-state index contributed by atoms with van der Waals surface area (Å²) in [5.74, 6) is 0.0408. The van der Waals surface area contributed by atoms with Gasteiger partial charge in [0.1, 0.15) is 18.0 Å². The average molecular weight is 504 g/mol. The summed E-state index contributed by atoms with van der Waals surface area (Å²) in [4.78, 5) is 35.6. The quantitative estimate of drug-likeness (QED) is 0.496. The lowest BCUT2D eigenvalue weighted by Gasteiger charge is -2.27. The lowest BCUT2D eigenvalue weighted by molar-refractivity contribution is -0.154. The van der Waals surface area contributed by atoms with Crippen LogP contribution in [0.25, 0.3) is 16.6 Å². The van der Waals surface area contributed by atoms with Gasteiger partial charge in [-0.05, 0) is 45.7 Å². The summed E-state index contributed by atoms with van der Waals surface area (Å²) in [5, 5.41) is 4.33. The van der Waals surface area contributed by atoms with E-state index in [0.29, 0.717) is 21.4 Å². The largest absolute Gasteiger partial charge is 0.459 e. The summed E-state index contributed by atoms with van der Waals surface area (Å²) in [5.41, 5.74) is 0.870. The predicted octanol–water partition coefficient (Wildman–Crippen LogP) is 4.54. The number of nitrogens with zero attached hydrogens (tertiary/aromatic N) is 4. The van der Waals surface area contributed by atoms with Crippen molar-refractivity contribution in [2.24, 2.45) is 0 Å². The van der Waals surface area contributed by atoms with Gasteiger partial charge in [0, 0.05) is 42.9 Å². The molecule has 1 aliphatic rings. The maximum Gasteiger partial charge on any atom is 0.325 e. The Kier molecular flexibility index (Phi) is 7.00. The highest BCUT2D eigenvalue weighted by molar-refractivity contribution is 6.45. The zero-order valence-corrected chi connectivity index (χ0v) is 20.9. The topological polar surface area (TPSA) is 89.4 Å². The molecule has 0 bridgehead atoms. The molecule has 3 heterocycles. The van der Waals surface area contributed by atoms with E-state index in [1.807, 2.05) is 22.9 Å². The third kappa shape index (κ3) is 5.45. The number of amides is 1. The number of aromatic nitrogens is 3. The Labute approximate surface area is 208 Å². The van der Waals surface area contributed by atoms with Gasteiger partial charge in [-0.1, -0.05) is 23.2 Å². The molecule has 1 aromatic carbocycles. The van der Waals surface area contributed by atoms with Crippen LogP contribution in [0, 0.1) is 0 Å². The molecule has 0 spiro atoms. The van der Waals surface area contributed by atoms with Crippen molar-refractivity contribution < 1.29 is 14.3 Å². The van der Waals surface area contributed by atoms with Crippen molar-refractivity contribution in [3.05, 3.63) is 47.0 Å². The molecule has 0 saturated carbocycles. The van der Waals surface area contributed by atoms with E-state index in [1.54, 1.807) is 39.4 Å². The van der Waals surface area contributed by atoms with Gasteiger partial charge in [0.15, 0.2) is 0 Å². The van der Waals surface area contributed by atoms with Crippen LogP contribution in [0.15, 0.2) is 36.9 Å². The minimum Gasteiger partial charge on any atom is -0.459 e. The van der Waals surface area contributed by atoms with Crippen LogP contribution in [0.2, 0.25) is 10.0 Å². The molecular formula is C24H27Cl2N5O3. The van der Waals surface area contributed by atoms with Crippen LogP contribution in [-0.4, -0.2) is 51.1 Å². The molecule has 4 rings (SSSR count). The van der Waals surface area contributed by atoms with Crippen molar-refractivity contribution in [3.63, 3.8) is 0 Å².